The zero-order chi connectivity index (χ0) is 14.0. The van der Waals surface area contributed by atoms with Crippen molar-refractivity contribution in [2.75, 3.05) is 5.32 Å². The second kappa shape index (κ2) is 5.38. The molecule has 2 aromatic heterocycles. The van der Waals surface area contributed by atoms with E-state index in [0.717, 1.165) is 4.88 Å². The van der Waals surface area contributed by atoms with Gasteiger partial charge >= 0.3 is 5.97 Å². The van der Waals surface area contributed by atoms with E-state index in [-0.39, 0.29) is 21.2 Å². The topological polar surface area (TPSA) is 79.3 Å². The molecule has 7 heteroatoms. The summed E-state index contributed by atoms with van der Waals surface area (Å²) in [5.74, 6) is -1.57. The summed E-state index contributed by atoms with van der Waals surface area (Å²) in [6.07, 6.45) is 2.80. The third-order valence-corrected chi connectivity index (χ3v) is 3.62. The quantitative estimate of drug-likeness (QED) is 0.912. The molecule has 0 fully saturated rings. The van der Waals surface area contributed by atoms with E-state index in [1.165, 1.54) is 35.9 Å². The third-order valence-electron chi connectivity index (χ3n) is 2.33. The SMILES string of the molecule is Cc1cc(C(=O)O)c(NC(=O)c2cnccc2Cl)s1. The lowest BCUT2D eigenvalue weighted by atomic mass is 10.2. The number of aromatic carboxylic acids is 1. The molecular weight excluding hydrogens is 288 g/mol. The van der Waals surface area contributed by atoms with Gasteiger partial charge in [0.1, 0.15) is 5.00 Å². The van der Waals surface area contributed by atoms with E-state index in [1.54, 1.807) is 6.92 Å². The number of carbonyl (C=O) groups is 2. The van der Waals surface area contributed by atoms with E-state index in [2.05, 4.69) is 10.3 Å². The number of pyridine rings is 1. The van der Waals surface area contributed by atoms with Crippen LogP contribution in [-0.4, -0.2) is 22.0 Å². The van der Waals surface area contributed by atoms with Gasteiger partial charge in [-0.3, -0.25) is 9.78 Å². The number of aryl methyl sites for hydroxylation is 1. The number of hydrogen-bond acceptors (Lipinski definition) is 4. The number of halogens is 1. The van der Waals surface area contributed by atoms with Crippen molar-refractivity contribution in [1.82, 2.24) is 4.98 Å². The molecule has 0 atom stereocenters. The van der Waals surface area contributed by atoms with E-state index in [4.69, 9.17) is 16.7 Å². The van der Waals surface area contributed by atoms with Crippen LogP contribution in [0.3, 0.4) is 0 Å². The molecule has 2 heterocycles. The first kappa shape index (κ1) is 13.5. The fourth-order valence-corrected chi connectivity index (χ4v) is 2.57. The smallest absolute Gasteiger partial charge is 0.338 e. The Morgan fingerprint density at radius 2 is 2.16 bits per heavy atom. The van der Waals surface area contributed by atoms with Gasteiger partial charge in [-0.1, -0.05) is 11.6 Å². The molecule has 0 aromatic carbocycles. The first-order chi connectivity index (χ1) is 8.99. The average molecular weight is 297 g/mol. The van der Waals surface area contributed by atoms with Crippen LogP contribution in [0.2, 0.25) is 5.02 Å². The maximum Gasteiger partial charge on any atom is 0.338 e. The summed E-state index contributed by atoms with van der Waals surface area (Å²) in [5, 5.41) is 12.1. The molecule has 0 aliphatic carbocycles. The Kier molecular flexibility index (Phi) is 3.82. The molecule has 2 rings (SSSR count). The van der Waals surface area contributed by atoms with E-state index < -0.39 is 11.9 Å². The minimum Gasteiger partial charge on any atom is -0.478 e. The molecule has 0 unspecified atom stereocenters. The Bertz CT molecular complexity index is 654. The van der Waals surface area contributed by atoms with E-state index in [9.17, 15) is 9.59 Å². The monoisotopic (exact) mass is 296 g/mol. The lowest BCUT2D eigenvalue weighted by molar-refractivity contribution is 0.0698. The third kappa shape index (κ3) is 2.91. The van der Waals surface area contributed by atoms with Gasteiger partial charge in [0.05, 0.1) is 16.1 Å². The van der Waals surface area contributed by atoms with Crippen molar-refractivity contribution < 1.29 is 14.7 Å². The minimum absolute atomic E-state index is 0.0656. The standard InChI is InChI=1S/C12H9ClN2O3S/c1-6-4-7(12(17)18)11(19-6)15-10(16)8-5-14-3-2-9(8)13/h2-5H,1H3,(H,15,16)(H,17,18). The predicted octanol–water partition coefficient (Wildman–Crippen LogP) is 3.06. The van der Waals surface area contributed by atoms with Crippen LogP contribution in [0.15, 0.2) is 24.5 Å². The van der Waals surface area contributed by atoms with Gasteiger partial charge in [-0.15, -0.1) is 11.3 Å². The van der Waals surface area contributed by atoms with Crippen molar-refractivity contribution in [3.63, 3.8) is 0 Å². The number of thiophene rings is 1. The summed E-state index contributed by atoms with van der Waals surface area (Å²) in [4.78, 5) is 27.6. The van der Waals surface area contributed by atoms with Crippen molar-refractivity contribution in [1.29, 1.82) is 0 Å². The molecule has 98 valence electrons. The first-order valence-electron chi connectivity index (χ1n) is 5.23. The van der Waals surface area contributed by atoms with Crippen molar-refractivity contribution in [3.05, 3.63) is 45.6 Å². The summed E-state index contributed by atoms with van der Waals surface area (Å²) in [6.45, 7) is 1.77. The normalized spacial score (nSPS) is 10.2. The van der Waals surface area contributed by atoms with Gasteiger partial charge in [0.2, 0.25) is 0 Å². The molecule has 0 radical (unpaired) electrons. The van der Waals surface area contributed by atoms with Gasteiger partial charge in [0.15, 0.2) is 0 Å². The number of aromatic nitrogens is 1. The number of nitrogens with one attached hydrogen (secondary N) is 1. The van der Waals surface area contributed by atoms with Gasteiger partial charge in [0, 0.05) is 17.3 Å². The second-order valence-electron chi connectivity index (χ2n) is 3.71. The van der Waals surface area contributed by atoms with Crippen LogP contribution in [0.5, 0.6) is 0 Å². The summed E-state index contributed by atoms with van der Waals surface area (Å²) >= 11 is 7.07. The van der Waals surface area contributed by atoms with Gasteiger partial charge in [-0.2, -0.15) is 0 Å². The van der Waals surface area contributed by atoms with Gasteiger partial charge < -0.3 is 10.4 Å². The van der Waals surface area contributed by atoms with Crippen LogP contribution in [0.4, 0.5) is 5.00 Å². The molecule has 0 aliphatic rings. The Balaban J connectivity index is 2.29. The van der Waals surface area contributed by atoms with Crippen LogP contribution in [0.25, 0.3) is 0 Å². The number of carbonyl (C=O) groups excluding carboxylic acids is 1. The molecule has 1 amide bonds. The van der Waals surface area contributed by atoms with Crippen LogP contribution < -0.4 is 5.32 Å². The zero-order valence-corrected chi connectivity index (χ0v) is 11.4. The number of carboxylic acids is 1. The van der Waals surface area contributed by atoms with Crippen LogP contribution >= 0.6 is 22.9 Å². The van der Waals surface area contributed by atoms with Crippen molar-refractivity contribution in [2.45, 2.75) is 6.92 Å². The van der Waals surface area contributed by atoms with Crippen LogP contribution in [0.1, 0.15) is 25.6 Å². The molecule has 0 bridgehead atoms. The van der Waals surface area contributed by atoms with E-state index in [1.807, 2.05) is 0 Å². The number of nitrogens with zero attached hydrogens (tertiary/aromatic N) is 1. The fraction of sp³-hybridized carbons (Fsp3) is 0.0833. The van der Waals surface area contributed by atoms with E-state index in [0.29, 0.717) is 0 Å². The molecule has 0 saturated carbocycles. The number of carboxylic acid groups (broad SMARTS) is 1. The molecule has 5 nitrogen and oxygen atoms in total. The van der Waals surface area contributed by atoms with Crippen molar-refractivity contribution in [2.24, 2.45) is 0 Å². The van der Waals surface area contributed by atoms with Crippen molar-refractivity contribution >= 4 is 39.8 Å². The highest BCUT2D eigenvalue weighted by Crippen LogP contribution is 2.28. The maximum absolute atomic E-state index is 12.0. The van der Waals surface area contributed by atoms with Crippen LogP contribution in [-0.2, 0) is 0 Å². The van der Waals surface area contributed by atoms with E-state index >= 15 is 0 Å². The minimum atomic E-state index is -1.09. The molecule has 0 saturated heterocycles. The zero-order valence-electron chi connectivity index (χ0n) is 9.81. The lowest BCUT2D eigenvalue weighted by Gasteiger charge is -2.05. The Labute approximate surface area is 117 Å². The molecule has 0 aliphatic heterocycles. The lowest BCUT2D eigenvalue weighted by Crippen LogP contribution is -2.13. The summed E-state index contributed by atoms with van der Waals surface area (Å²) in [5.41, 5.74) is 0.266. The number of rotatable bonds is 3. The van der Waals surface area contributed by atoms with Gasteiger partial charge in [0.25, 0.3) is 5.91 Å². The highest BCUT2D eigenvalue weighted by molar-refractivity contribution is 7.16. The predicted molar refractivity (Wildman–Crippen MR) is 73.2 cm³/mol. The van der Waals surface area contributed by atoms with Gasteiger partial charge in [-0.05, 0) is 19.1 Å². The first-order valence-corrected chi connectivity index (χ1v) is 6.43. The Morgan fingerprint density at radius 1 is 1.42 bits per heavy atom. The largest absolute Gasteiger partial charge is 0.478 e. The van der Waals surface area contributed by atoms with Crippen LogP contribution in [0, 0.1) is 6.92 Å². The maximum atomic E-state index is 12.0. The number of anilines is 1. The molecular formula is C12H9ClN2O3S. The number of hydrogen-bond donors (Lipinski definition) is 2. The summed E-state index contributed by atoms with van der Waals surface area (Å²) < 4.78 is 0. The summed E-state index contributed by atoms with van der Waals surface area (Å²) in [6, 6.07) is 3.00. The molecule has 2 N–H and O–H groups in total. The number of amides is 1. The highest BCUT2D eigenvalue weighted by atomic mass is 35.5. The molecule has 19 heavy (non-hydrogen) atoms. The Hall–Kier alpha value is -1.92. The van der Waals surface area contributed by atoms with Crippen molar-refractivity contribution in [3.8, 4) is 0 Å². The molecule has 2 aromatic rings. The fourth-order valence-electron chi connectivity index (χ4n) is 1.48. The average Bonchev–Trinajstić information content (AvgIpc) is 2.70. The highest BCUT2D eigenvalue weighted by Gasteiger charge is 2.18. The Morgan fingerprint density at radius 3 is 2.79 bits per heavy atom. The van der Waals surface area contributed by atoms with Gasteiger partial charge in [-0.25, -0.2) is 4.79 Å². The second-order valence-corrected chi connectivity index (χ2v) is 5.38. The summed E-state index contributed by atoms with van der Waals surface area (Å²) in [7, 11) is 0. The molecule has 0 spiro atoms.